The third-order valence-corrected chi connectivity index (χ3v) is 4.27. The summed E-state index contributed by atoms with van der Waals surface area (Å²) < 4.78 is 5.41. The molecule has 0 N–H and O–H groups in total. The fourth-order valence-corrected chi connectivity index (χ4v) is 3.22. The number of cyclic esters (lactones) is 1. The first kappa shape index (κ1) is 16.2. The standard InChI is InChI=1S/C20H21NO3/c1-4-21(16-10-13(2)9-14(3)11-16)19(22)18-12-15-7-5-6-8-17(15)20(23)24-18/h5-11,18H,4,12H2,1-3H3. The number of fused-ring (bicyclic) bond motifs is 1. The first-order valence-corrected chi connectivity index (χ1v) is 8.18. The molecular formula is C20H21NO3. The van der Waals surface area contributed by atoms with Gasteiger partial charge < -0.3 is 9.64 Å². The summed E-state index contributed by atoms with van der Waals surface area (Å²) in [6, 6.07) is 13.3. The third-order valence-electron chi connectivity index (χ3n) is 4.27. The van der Waals surface area contributed by atoms with Gasteiger partial charge in [-0.2, -0.15) is 0 Å². The Morgan fingerprint density at radius 3 is 2.50 bits per heavy atom. The lowest BCUT2D eigenvalue weighted by molar-refractivity contribution is -0.127. The minimum absolute atomic E-state index is 0.176. The fraction of sp³-hybridized carbons (Fsp3) is 0.300. The molecule has 24 heavy (non-hydrogen) atoms. The van der Waals surface area contributed by atoms with Gasteiger partial charge in [0.25, 0.3) is 5.91 Å². The van der Waals surface area contributed by atoms with Crippen molar-refractivity contribution in [2.75, 3.05) is 11.4 Å². The molecule has 0 saturated heterocycles. The summed E-state index contributed by atoms with van der Waals surface area (Å²) in [7, 11) is 0. The van der Waals surface area contributed by atoms with Crippen molar-refractivity contribution < 1.29 is 14.3 Å². The van der Waals surface area contributed by atoms with Crippen LogP contribution in [0.5, 0.6) is 0 Å². The Hall–Kier alpha value is -2.62. The third kappa shape index (κ3) is 3.04. The van der Waals surface area contributed by atoms with Crippen LogP contribution in [0, 0.1) is 13.8 Å². The number of hydrogen-bond acceptors (Lipinski definition) is 3. The molecule has 124 valence electrons. The van der Waals surface area contributed by atoms with Crippen LogP contribution in [-0.4, -0.2) is 24.5 Å². The maximum atomic E-state index is 13.0. The van der Waals surface area contributed by atoms with Gasteiger partial charge in [-0.15, -0.1) is 0 Å². The first-order chi connectivity index (χ1) is 11.5. The number of anilines is 1. The number of aryl methyl sites for hydroxylation is 2. The summed E-state index contributed by atoms with van der Waals surface area (Å²) in [4.78, 5) is 26.8. The smallest absolute Gasteiger partial charge is 0.339 e. The van der Waals surface area contributed by atoms with Gasteiger partial charge >= 0.3 is 5.97 Å². The predicted molar refractivity (Wildman–Crippen MR) is 93.3 cm³/mol. The van der Waals surface area contributed by atoms with Crippen molar-refractivity contribution >= 4 is 17.6 Å². The van der Waals surface area contributed by atoms with E-state index in [0.29, 0.717) is 18.5 Å². The molecule has 0 spiro atoms. The average molecular weight is 323 g/mol. The number of esters is 1. The summed E-state index contributed by atoms with van der Waals surface area (Å²) in [5, 5.41) is 0. The molecule has 0 aliphatic carbocycles. The Morgan fingerprint density at radius 2 is 1.83 bits per heavy atom. The minimum atomic E-state index is -0.770. The zero-order chi connectivity index (χ0) is 17.3. The maximum absolute atomic E-state index is 13.0. The largest absolute Gasteiger partial charge is 0.448 e. The van der Waals surface area contributed by atoms with Gasteiger partial charge in [0.05, 0.1) is 5.56 Å². The number of carbonyl (C=O) groups excluding carboxylic acids is 2. The lowest BCUT2D eigenvalue weighted by Crippen LogP contribution is -2.44. The molecular weight excluding hydrogens is 302 g/mol. The molecule has 2 aromatic rings. The van der Waals surface area contributed by atoms with Crippen LogP contribution in [0.15, 0.2) is 42.5 Å². The molecule has 3 rings (SSSR count). The van der Waals surface area contributed by atoms with Gasteiger partial charge in [0.15, 0.2) is 6.10 Å². The van der Waals surface area contributed by atoms with Gasteiger partial charge in [-0.05, 0) is 55.7 Å². The fourth-order valence-electron chi connectivity index (χ4n) is 3.22. The highest BCUT2D eigenvalue weighted by Crippen LogP contribution is 2.25. The molecule has 1 atom stereocenters. The number of likely N-dealkylation sites (N-methyl/N-ethyl adjacent to an activating group) is 1. The van der Waals surface area contributed by atoms with Crippen LogP contribution < -0.4 is 4.90 Å². The van der Waals surface area contributed by atoms with Crippen molar-refractivity contribution in [3.05, 3.63) is 64.7 Å². The molecule has 4 heteroatoms. The van der Waals surface area contributed by atoms with Gasteiger partial charge in [0.2, 0.25) is 0 Å². The van der Waals surface area contributed by atoms with Crippen molar-refractivity contribution in [3.63, 3.8) is 0 Å². The Morgan fingerprint density at radius 1 is 1.17 bits per heavy atom. The number of rotatable bonds is 3. The molecule has 2 aromatic carbocycles. The van der Waals surface area contributed by atoms with Crippen molar-refractivity contribution in [1.82, 2.24) is 0 Å². The van der Waals surface area contributed by atoms with E-state index in [1.165, 1.54) is 0 Å². The Bertz CT molecular complexity index is 777. The van der Waals surface area contributed by atoms with Crippen molar-refractivity contribution in [2.24, 2.45) is 0 Å². The average Bonchev–Trinajstić information content (AvgIpc) is 2.54. The van der Waals surface area contributed by atoms with Crippen LogP contribution in [0.4, 0.5) is 5.69 Å². The Balaban J connectivity index is 1.89. The van der Waals surface area contributed by atoms with E-state index in [1.54, 1.807) is 17.0 Å². The van der Waals surface area contributed by atoms with Crippen LogP contribution in [0.25, 0.3) is 0 Å². The summed E-state index contributed by atoms with van der Waals surface area (Å²) in [5.41, 5.74) is 4.46. The lowest BCUT2D eigenvalue weighted by atomic mass is 9.98. The molecule has 0 saturated carbocycles. The van der Waals surface area contributed by atoms with E-state index < -0.39 is 12.1 Å². The molecule has 0 aromatic heterocycles. The second-order valence-electron chi connectivity index (χ2n) is 6.18. The number of amides is 1. The van der Waals surface area contributed by atoms with Gasteiger partial charge in [0, 0.05) is 18.7 Å². The quantitative estimate of drug-likeness (QED) is 0.813. The highest BCUT2D eigenvalue weighted by Gasteiger charge is 2.33. The zero-order valence-corrected chi connectivity index (χ0v) is 14.2. The zero-order valence-electron chi connectivity index (χ0n) is 14.2. The van der Waals surface area contributed by atoms with Crippen molar-refractivity contribution in [3.8, 4) is 0 Å². The Kier molecular flexibility index (Phi) is 4.38. The number of carbonyl (C=O) groups is 2. The topological polar surface area (TPSA) is 46.6 Å². The lowest BCUT2D eigenvalue weighted by Gasteiger charge is -2.29. The van der Waals surface area contributed by atoms with E-state index in [4.69, 9.17) is 4.74 Å². The van der Waals surface area contributed by atoms with E-state index in [1.807, 2.05) is 45.0 Å². The van der Waals surface area contributed by atoms with Gasteiger partial charge in [0.1, 0.15) is 0 Å². The number of nitrogens with zero attached hydrogens (tertiary/aromatic N) is 1. The minimum Gasteiger partial charge on any atom is -0.448 e. The highest BCUT2D eigenvalue weighted by molar-refractivity contribution is 6.01. The molecule has 0 radical (unpaired) electrons. The predicted octanol–water partition coefficient (Wildman–Crippen LogP) is 3.44. The van der Waals surface area contributed by atoms with E-state index in [2.05, 4.69) is 6.07 Å². The summed E-state index contributed by atoms with van der Waals surface area (Å²) in [6.45, 7) is 6.46. The van der Waals surface area contributed by atoms with E-state index >= 15 is 0 Å². The van der Waals surface area contributed by atoms with Gasteiger partial charge in [-0.3, -0.25) is 4.79 Å². The second kappa shape index (κ2) is 6.48. The van der Waals surface area contributed by atoms with Crippen LogP contribution in [-0.2, 0) is 16.0 Å². The van der Waals surface area contributed by atoms with E-state index in [-0.39, 0.29) is 5.91 Å². The molecule has 1 amide bonds. The van der Waals surface area contributed by atoms with Gasteiger partial charge in [-0.1, -0.05) is 24.3 Å². The molecule has 1 aliphatic rings. The highest BCUT2D eigenvalue weighted by atomic mass is 16.5. The van der Waals surface area contributed by atoms with Crippen LogP contribution >= 0.6 is 0 Å². The second-order valence-corrected chi connectivity index (χ2v) is 6.18. The van der Waals surface area contributed by atoms with Crippen molar-refractivity contribution in [1.29, 1.82) is 0 Å². The van der Waals surface area contributed by atoms with E-state index in [0.717, 1.165) is 22.4 Å². The number of benzene rings is 2. The van der Waals surface area contributed by atoms with E-state index in [9.17, 15) is 9.59 Å². The molecule has 0 bridgehead atoms. The first-order valence-electron chi connectivity index (χ1n) is 8.18. The molecule has 0 fully saturated rings. The normalized spacial score (nSPS) is 16.3. The number of ether oxygens (including phenoxy) is 1. The molecule has 4 nitrogen and oxygen atoms in total. The molecule has 1 heterocycles. The van der Waals surface area contributed by atoms with Crippen LogP contribution in [0.2, 0.25) is 0 Å². The number of hydrogen-bond donors (Lipinski definition) is 0. The summed E-state index contributed by atoms with van der Waals surface area (Å²) in [5.74, 6) is -0.600. The monoisotopic (exact) mass is 323 g/mol. The molecule has 1 unspecified atom stereocenters. The van der Waals surface area contributed by atoms with Crippen molar-refractivity contribution in [2.45, 2.75) is 33.3 Å². The SMILES string of the molecule is CCN(C(=O)C1Cc2ccccc2C(=O)O1)c1cc(C)cc(C)c1. The maximum Gasteiger partial charge on any atom is 0.339 e. The van der Waals surface area contributed by atoms with Gasteiger partial charge in [-0.25, -0.2) is 4.79 Å². The van der Waals surface area contributed by atoms with Crippen LogP contribution in [0.1, 0.15) is 34.0 Å². The Labute approximate surface area is 142 Å². The summed E-state index contributed by atoms with van der Waals surface area (Å²) in [6.07, 6.45) is -0.352. The molecule has 1 aliphatic heterocycles. The summed E-state index contributed by atoms with van der Waals surface area (Å²) >= 11 is 0. The van der Waals surface area contributed by atoms with Crippen LogP contribution in [0.3, 0.4) is 0 Å².